The molecule has 0 fully saturated rings. The number of carbonyl (C=O) groups is 2. The highest BCUT2D eigenvalue weighted by atomic mass is 16.5. The van der Waals surface area contributed by atoms with Crippen molar-refractivity contribution in [2.24, 2.45) is 0 Å². The number of carboxylic acid groups (broad SMARTS) is 1. The minimum Gasteiger partial charge on any atom is -0.497 e. The van der Waals surface area contributed by atoms with Crippen LogP contribution in [0.3, 0.4) is 0 Å². The van der Waals surface area contributed by atoms with Crippen LogP contribution >= 0.6 is 0 Å². The fourth-order valence-corrected chi connectivity index (χ4v) is 1.64. The smallest absolute Gasteiger partial charge is 0.337 e. The van der Waals surface area contributed by atoms with Crippen molar-refractivity contribution in [3.63, 3.8) is 0 Å². The van der Waals surface area contributed by atoms with Gasteiger partial charge in [0.1, 0.15) is 5.75 Å². The van der Waals surface area contributed by atoms with Crippen molar-refractivity contribution in [1.82, 2.24) is 4.98 Å². The van der Waals surface area contributed by atoms with Gasteiger partial charge < -0.3 is 15.2 Å². The van der Waals surface area contributed by atoms with E-state index in [0.29, 0.717) is 11.3 Å². The highest BCUT2D eigenvalue weighted by Gasteiger charge is 2.14. The Balaban J connectivity index is 2.32. The summed E-state index contributed by atoms with van der Waals surface area (Å²) in [5.74, 6) is -1.08. The lowest BCUT2D eigenvalue weighted by Crippen LogP contribution is -2.15. The van der Waals surface area contributed by atoms with Crippen molar-refractivity contribution in [2.75, 3.05) is 12.4 Å². The molecule has 0 saturated carbocycles. The van der Waals surface area contributed by atoms with E-state index in [1.807, 2.05) is 0 Å². The number of nitrogens with zero attached hydrogens (tertiary/aromatic N) is 1. The highest BCUT2D eigenvalue weighted by Crippen LogP contribution is 2.23. The topological polar surface area (TPSA) is 88.5 Å². The van der Waals surface area contributed by atoms with Crippen LogP contribution in [-0.2, 0) is 0 Å². The molecule has 2 rings (SSSR count). The van der Waals surface area contributed by atoms with Crippen molar-refractivity contribution < 1.29 is 19.4 Å². The second-order valence-electron chi connectivity index (χ2n) is 3.91. The molecule has 20 heavy (non-hydrogen) atoms. The molecule has 102 valence electrons. The zero-order valence-electron chi connectivity index (χ0n) is 10.7. The van der Waals surface area contributed by atoms with Crippen LogP contribution < -0.4 is 10.1 Å². The number of carboxylic acids is 1. The van der Waals surface area contributed by atoms with Gasteiger partial charge in [-0.2, -0.15) is 0 Å². The lowest BCUT2D eigenvalue weighted by atomic mass is 10.1. The summed E-state index contributed by atoms with van der Waals surface area (Å²) >= 11 is 0. The fraction of sp³-hybridized carbons (Fsp3) is 0.0714. The maximum absolute atomic E-state index is 12.0. The van der Waals surface area contributed by atoms with Gasteiger partial charge >= 0.3 is 5.97 Å². The lowest BCUT2D eigenvalue weighted by molar-refractivity contribution is 0.0698. The van der Waals surface area contributed by atoms with Gasteiger partial charge in [0.2, 0.25) is 0 Å². The van der Waals surface area contributed by atoms with E-state index < -0.39 is 11.9 Å². The molecular formula is C14H12N2O4. The lowest BCUT2D eigenvalue weighted by Gasteiger charge is -2.10. The molecule has 0 aliphatic rings. The number of aromatic nitrogens is 1. The molecular weight excluding hydrogens is 260 g/mol. The first-order valence-electron chi connectivity index (χ1n) is 5.74. The van der Waals surface area contributed by atoms with E-state index >= 15 is 0 Å². The molecule has 1 amide bonds. The van der Waals surface area contributed by atoms with E-state index in [4.69, 9.17) is 9.84 Å². The molecule has 1 heterocycles. The van der Waals surface area contributed by atoms with E-state index in [1.54, 1.807) is 0 Å². The van der Waals surface area contributed by atoms with Gasteiger partial charge in [0, 0.05) is 24.0 Å². The molecule has 0 unspecified atom stereocenters. The quantitative estimate of drug-likeness (QED) is 0.889. The second kappa shape index (κ2) is 5.83. The molecule has 0 atom stereocenters. The Hall–Kier alpha value is -2.89. The Morgan fingerprint density at radius 1 is 1.20 bits per heavy atom. The maximum atomic E-state index is 12.0. The third kappa shape index (κ3) is 2.92. The predicted octanol–water partition coefficient (Wildman–Crippen LogP) is 2.04. The van der Waals surface area contributed by atoms with E-state index in [2.05, 4.69) is 10.3 Å². The zero-order chi connectivity index (χ0) is 14.5. The average molecular weight is 272 g/mol. The molecule has 1 aromatic heterocycles. The van der Waals surface area contributed by atoms with Crippen LogP contribution in [0, 0.1) is 0 Å². The summed E-state index contributed by atoms with van der Waals surface area (Å²) in [5, 5.41) is 11.7. The van der Waals surface area contributed by atoms with Crippen molar-refractivity contribution in [1.29, 1.82) is 0 Å². The summed E-state index contributed by atoms with van der Waals surface area (Å²) in [6.07, 6.45) is 2.97. The van der Waals surface area contributed by atoms with E-state index in [1.165, 1.54) is 49.8 Å². The van der Waals surface area contributed by atoms with Gasteiger partial charge in [0.15, 0.2) is 0 Å². The Labute approximate surface area is 115 Å². The summed E-state index contributed by atoms with van der Waals surface area (Å²) in [6.45, 7) is 0. The number of carbonyl (C=O) groups excluding carboxylic acids is 1. The van der Waals surface area contributed by atoms with Gasteiger partial charge in [-0.15, -0.1) is 0 Å². The Morgan fingerprint density at radius 2 is 1.90 bits per heavy atom. The number of ether oxygens (including phenoxy) is 1. The number of nitrogens with one attached hydrogen (secondary N) is 1. The Bertz CT molecular complexity index is 641. The number of anilines is 1. The summed E-state index contributed by atoms with van der Waals surface area (Å²) in [7, 11) is 1.46. The molecule has 0 spiro atoms. The van der Waals surface area contributed by atoms with E-state index in [0.717, 1.165) is 0 Å². The number of pyridine rings is 1. The van der Waals surface area contributed by atoms with Gasteiger partial charge in [-0.1, -0.05) is 0 Å². The molecule has 6 heteroatoms. The number of aromatic carboxylic acids is 1. The number of hydrogen-bond donors (Lipinski definition) is 2. The summed E-state index contributed by atoms with van der Waals surface area (Å²) < 4.78 is 5.02. The Kier molecular flexibility index (Phi) is 3.95. The van der Waals surface area contributed by atoms with Crippen molar-refractivity contribution in [3.05, 3.63) is 53.9 Å². The van der Waals surface area contributed by atoms with Crippen LogP contribution in [0.15, 0.2) is 42.7 Å². The van der Waals surface area contributed by atoms with Crippen molar-refractivity contribution >= 4 is 17.6 Å². The first-order chi connectivity index (χ1) is 9.61. The summed E-state index contributed by atoms with van der Waals surface area (Å²) in [6, 6.07) is 7.43. The third-order valence-electron chi connectivity index (χ3n) is 2.65. The maximum Gasteiger partial charge on any atom is 0.337 e. The van der Waals surface area contributed by atoms with Crippen LogP contribution in [0.2, 0.25) is 0 Å². The van der Waals surface area contributed by atoms with Crippen molar-refractivity contribution in [2.45, 2.75) is 0 Å². The molecule has 0 aliphatic carbocycles. The molecule has 0 bridgehead atoms. The van der Waals surface area contributed by atoms with Gasteiger partial charge in [0.25, 0.3) is 5.91 Å². The molecule has 0 aliphatic heterocycles. The van der Waals surface area contributed by atoms with Gasteiger partial charge in [-0.3, -0.25) is 9.78 Å². The molecule has 2 N–H and O–H groups in total. The first-order valence-corrected chi connectivity index (χ1v) is 5.74. The minimum atomic E-state index is -1.13. The summed E-state index contributed by atoms with van der Waals surface area (Å²) in [4.78, 5) is 27.0. The third-order valence-corrected chi connectivity index (χ3v) is 2.65. The monoisotopic (exact) mass is 272 g/mol. The van der Waals surface area contributed by atoms with E-state index in [-0.39, 0.29) is 11.3 Å². The average Bonchev–Trinajstić information content (AvgIpc) is 2.47. The van der Waals surface area contributed by atoms with Gasteiger partial charge in [0.05, 0.1) is 18.4 Å². The van der Waals surface area contributed by atoms with Crippen LogP contribution in [0.4, 0.5) is 5.69 Å². The summed E-state index contributed by atoms with van der Waals surface area (Å²) in [5.41, 5.74) is 0.561. The predicted molar refractivity (Wildman–Crippen MR) is 72.1 cm³/mol. The molecule has 0 saturated heterocycles. The zero-order valence-corrected chi connectivity index (χ0v) is 10.7. The molecule has 1 aromatic carbocycles. The Morgan fingerprint density at radius 3 is 2.50 bits per heavy atom. The van der Waals surface area contributed by atoms with Crippen LogP contribution in [0.25, 0.3) is 0 Å². The number of amides is 1. The number of benzene rings is 1. The van der Waals surface area contributed by atoms with Crippen LogP contribution in [0.5, 0.6) is 5.75 Å². The van der Waals surface area contributed by atoms with E-state index in [9.17, 15) is 9.59 Å². The number of hydrogen-bond acceptors (Lipinski definition) is 4. The van der Waals surface area contributed by atoms with Crippen LogP contribution in [-0.4, -0.2) is 29.1 Å². The standard InChI is InChI=1S/C14H12N2O4/c1-20-10-2-3-11(14(18)19)12(8-10)16-13(17)9-4-6-15-7-5-9/h2-8H,1H3,(H,16,17)(H,18,19). The SMILES string of the molecule is COc1ccc(C(=O)O)c(NC(=O)c2ccncc2)c1. The largest absolute Gasteiger partial charge is 0.497 e. The highest BCUT2D eigenvalue weighted by molar-refractivity contribution is 6.07. The fourth-order valence-electron chi connectivity index (χ4n) is 1.64. The van der Waals surface area contributed by atoms with Crippen molar-refractivity contribution in [3.8, 4) is 5.75 Å². The minimum absolute atomic E-state index is 0.00629. The van der Waals surface area contributed by atoms with Crippen LogP contribution in [0.1, 0.15) is 20.7 Å². The van der Waals surface area contributed by atoms with Gasteiger partial charge in [-0.25, -0.2) is 4.79 Å². The number of methoxy groups -OCH3 is 1. The molecule has 2 aromatic rings. The normalized spacial score (nSPS) is 9.85. The number of rotatable bonds is 4. The van der Waals surface area contributed by atoms with Gasteiger partial charge in [-0.05, 0) is 24.3 Å². The molecule has 6 nitrogen and oxygen atoms in total. The first kappa shape index (κ1) is 13.5. The molecule has 0 radical (unpaired) electrons. The second-order valence-corrected chi connectivity index (χ2v) is 3.91.